The fourth-order valence-corrected chi connectivity index (χ4v) is 2.54. The minimum absolute atomic E-state index is 0.251. The lowest BCUT2D eigenvalue weighted by Crippen LogP contribution is -1.95. The second kappa shape index (κ2) is 3.95. The highest BCUT2D eigenvalue weighted by atomic mass is 16.3. The molecular weight excluding hydrogens is 226 g/mol. The number of hydrogen-bond donors (Lipinski definition) is 2. The predicted octanol–water partition coefficient (Wildman–Crippen LogP) is 3.62. The van der Waals surface area contributed by atoms with Gasteiger partial charge in [-0.1, -0.05) is 6.92 Å². The molecule has 2 aromatic carbocycles. The summed E-state index contributed by atoms with van der Waals surface area (Å²) in [6.45, 7) is 3.06. The molecule has 92 valence electrons. The summed E-state index contributed by atoms with van der Waals surface area (Å²) in [6, 6.07) is 10.8. The SMILES string of the molecule is CCCn1c2ccc(O)cc2c2cc(O)ccc21. The van der Waals surface area contributed by atoms with E-state index in [9.17, 15) is 10.2 Å². The quantitative estimate of drug-likeness (QED) is 0.719. The summed E-state index contributed by atoms with van der Waals surface area (Å²) in [7, 11) is 0. The number of benzene rings is 2. The van der Waals surface area contributed by atoms with E-state index >= 15 is 0 Å². The Bertz CT molecular complexity index is 669. The van der Waals surface area contributed by atoms with Crippen LogP contribution in [-0.4, -0.2) is 14.8 Å². The van der Waals surface area contributed by atoms with Gasteiger partial charge in [-0.3, -0.25) is 0 Å². The number of hydrogen-bond acceptors (Lipinski definition) is 2. The highest BCUT2D eigenvalue weighted by Gasteiger charge is 2.11. The third-order valence-electron chi connectivity index (χ3n) is 3.28. The number of aromatic nitrogens is 1. The minimum atomic E-state index is 0.251. The molecule has 0 amide bonds. The zero-order chi connectivity index (χ0) is 12.7. The largest absolute Gasteiger partial charge is 0.508 e. The van der Waals surface area contributed by atoms with Gasteiger partial charge in [0.25, 0.3) is 0 Å². The van der Waals surface area contributed by atoms with Crippen molar-refractivity contribution in [2.24, 2.45) is 0 Å². The van der Waals surface area contributed by atoms with E-state index < -0.39 is 0 Å². The van der Waals surface area contributed by atoms with E-state index in [1.807, 2.05) is 12.1 Å². The maximum absolute atomic E-state index is 9.63. The van der Waals surface area contributed by atoms with Crippen LogP contribution in [0.2, 0.25) is 0 Å². The number of phenolic OH excluding ortho intramolecular Hbond substituents is 2. The standard InChI is InChI=1S/C15H15NO2/c1-2-7-16-14-5-3-10(17)8-12(14)13-9-11(18)4-6-15(13)16/h3-6,8-9,17-18H,2,7H2,1H3. The maximum atomic E-state index is 9.63. The zero-order valence-corrected chi connectivity index (χ0v) is 10.2. The third kappa shape index (κ3) is 1.51. The minimum Gasteiger partial charge on any atom is -0.508 e. The summed E-state index contributed by atoms with van der Waals surface area (Å²) in [5.74, 6) is 0.503. The van der Waals surface area contributed by atoms with Gasteiger partial charge < -0.3 is 14.8 Å². The van der Waals surface area contributed by atoms with Gasteiger partial charge in [-0.25, -0.2) is 0 Å². The van der Waals surface area contributed by atoms with Crippen LogP contribution in [0.1, 0.15) is 13.3 Å². The molecule has 3 rings (SSSR count). The molecule has 0 aliphatic carbocycles. The molecule has 0 aliphatic rings. The van der Waals surface area contributed by atoms with Gasteiger partial charge in [-0.05, 0) is 42.8 Å². The Morgan fingerprint density at radius 2 is 1.39 bits per heavy atom. The van der Waals surface area contributed by atoms with E-state index in [2.05, 4.69) is 11.5 Å². The Kier molecular flexibility index (Phi) is 2.40. The summed E-state index contributed by atoms with van der Waals surface area (Å²) in [5, 5.41) is 21.2. The van der Waals surface area contributed by atoms with E-state index in [0.29, 0.717) is 0 Å². The lowest BCUT2D eigenvalue weighted by Gasteiger charge is -2.04. The Morgan fingerprint density at radius 1 is 0.889 bits per heavy atom. The zero-order valence-electron chi connectivity index (χ0n) is 10.2. The summed E-state index contributed by atoms with van der Waals surface area (Å²) in [4.78, 5) is 0. The van der Waals surface area contributed by atoms with Gasteiger partial charge in [-0.15, -0.1) is 0 Å². The summed E-state index contributed by atoms with van der Waals surface area (Å²) in [5.41, 5.74) is 2.19. The molecule has 0 radical (unpaired) electrons. The second-order valence-corrected chi connectivity index (χ2v) is 4.55. The first-order valence-corrected chi connectivity index (χ1v) is 6.14. The van der Waals surface area contributed by atoms with E-state index in [0.717, 1.165) is 34.8 Å². The van der Waals surface area contributed by atoms with Crippen molar-refractivity contribution < 1.29 is 10.2 Å². The average Bonchev–Trinajstić information content (AvgIpc) is 2.64. The molecule has 0 fully saturated rings. The molecule has 0 saturated heterocycles. The van der Waals surface area contributed by atoms with Crippen LogP contribution >= 0.6 is 0 Å². The van der Waals surface area contributed by atoms with Crippen LogP contribution in [-0.2, 0) is 6.54 Å². The summed E-state index contributed by atoms with van der Waals surface area (Å²) >= 11 is 0. The van der Waals surface area contributed by atoms with E-state index in [-0.39, 0.29) is 11.5 Å². The molecule has 3 nitrogen and oxygen atoms in total. The van der Waals surface area contributed by atoms with Gasteiger partial charge in [0.2, 0.25) is 0 Å². The molecule has 3 aromatic rings. The maximum Gasteiger partial charge on any atom is 0.116 e. The summed E-state index contributed by atoms with van der Waals surface area (Å²) in [6.07, 6.45) is 1.04. The molecule has 0 atom stereocenters. The van der Waals surface area contributed by atoms with Gasteiger partial charge in [0.05, 0.1) is 0 Å². The van der Waals surface area contributed by atoms with Crippen molar-refractivity contribution in [3.05, 3.63) is 36.4 Å². The second-order valence-electron chi connectivity index (χ2n) is 4.55. The average molecular weight is 241 g/mol. The van der Waals surface area contributed by atoms with Crippen LogP contribution in [0.25, 0.3) is 21.8 Å². The molecule has 0 saturated carbocycles. The molecule has 0 bridgehead atoms. The van der Waals surface area contributed by atoms with Crippen molar-refractivity contribution in [2.45, 2.75) is 19.9 Å². The highest BCUT2D eigenvalue weighted by molar-refractivity contribution is 6.09. The molecule has 0 aliphatic heterocycles. The smallest absolute Gasteiger partial charge is 0.116 e. The Hall–Kier alpha value is -2.16. The first-order valence-electron chi connectivity index (χ1n) is 6.14. The van der Waals surface area contributed by atoms with Crippen LogP contribution in [0.4, 0.5) is 0 Å². The van der Waals surface area contributed by atoms with E-state index in [4.69, 9.17) is 0 Å². The van der Waals surface area contributed by atoms with Gasteiger partial charge in [0, 0.05) is 28.4 Å². The van der Waals surface area contributed by atoms with E-state index in [1.165, 1.54) is 0 Å². The van der Waals surface area contributed by atoms with Crippen molar-refractivity contribution in [2.75, 3.05) is 0 Å². The topological polar surface area (TPSA) is 45.4 Å². The Labute approximate surface area is 105 Å². The highest BCUT2D eigenvalue weighted by Crippen LogP contribution is 2.33. The molecule has 0 spiro atoms. The monoisotopic (exact) mass is 241 g/mol. The normalized spacial score (nSPS) is 11.4. The number of rotatable bonds is 2. The van der Waals surface area contributed by atoms with Crippen LogP contribution in [0.3, 0.4) is 0 Å². The van der Waals surface area contributed by atoms with Crippen molar-refractivity contribution >= 4 is 21.8 Å². The third-order valence-corrected chi connectivity index (χ3v) is 3.28. The first-order chi connectivity index (χ1) is 8.70. The molecule has 1 aromatic heterocycles. The summed E-state index contributed by atoms with van der Waals surface area (Å²) < 4.78 is 2.23. The first kappa shape index (κ1) is 11.0. The number of aryl methyl sites for hydroxylation is 1. The van der Waals surface area contributed by atoms with Crippen molar-refractivity contribution in [3.63, 3.8) is 0 Å². The van der Waals surface area contributed by atoms with Gasteiger partial charge >= 0.3 is 0 Å². The van der Waals surface area contributed by atoms with Crippen LogP contribution in [0.5, 0.6) is 11.5 Å². The Balaban J connectivity index is 2.48. The van der Waals surface area contributed by atoms with Crippen molar-refractivity contribution in [1.29, 1.82) is 0 Å². The fourth-order valence-electron chi connectivity index (χ4n) is 2.54. The van der Waals surface area contributed by atoms with Gasteiger partial charge in [0.1, 0.15) is 11.5 Å². The van der Waals surface area contributed by atoms with Crippen LogP contribution in [0, 0.1) is 0 Å². The number of aromatic hydroxyl groups is 2. The number of nitrogens with zero attached hydrogens (tertiary/aromatic N) is 1. The van der Waals surface area contributed by atoms with Crippen molar-refractivity contribution in [3.8, 4) is 11.5 Å². The molecule has 2 N–H and O–H groups in total. The number of fused-ring (bicyclic) bond motifs is 3. The fraction of sp³-hybridized carbons (Fsp3) is 0.200. The van der Waals surface area contributed by atoms with Gasteiger partial charge in [0.15, 0.2) is 0 Å². The predicted molar refractivity (Wildman–Crippen MR) is 73.1 cm³/mol. The Morgan fingerprint density at radius 3 is 1.83 bits per heavy atom. The molecule has 18 heavy (non-hydrogen) atoms. The lowest BCUT2D eigenvalue weighted by atomic mass is 10.1. The molecule has 1 heterocycles. The van der Waals surface area contributed by atoms with Crippen molar-refractivity contribution in [1.82, 2.24) is 4.57 Å². The van der Waals surface area contributed by atoms with Crippen LogP contribution in [0.15, 0.2) is 36.4 Å². The molecular formula is C15H15NO2. The van der Waals surface area contributed by atoms with Gasteiger partial charge in [-0.2, -0.15) is 0 Å². The van der Waals surface area contributed by atoms with E-state index in [1.54, 1.807) is 24.3 Å². The molecule has 3 heteroatoms. The van der Waals surface area contributed by atoms with Crippen LogP contribution < -0.4 is 0 Å². The molecule has 0 unspecified atom stereocenters. The lowest BCUT2D eigenvalue weighted by molar-refractivity contribution is 0.475. The number of phenols is 2.